The Balaban J connectivity index is 1.29. The van der Waals surface area contributed by atoms with Gasteiger partial charge in [0.15, 0.2) is 11.0 Å². The quantitative estimate of drug-likeness (QED) is 0.198. The highest BCUT2D eigenvalue weighted by molar-refractivity contribution is 8.14. The Morgan fingerprint density at radius 1 is 1.06 bits per heavy atom. The SMILES string of the molecule is C/C(NC(=O)/N=C1\SCCC(C)N1c1ccc(F)cc1C(C)C)=C(/C)c1ccc(-c2ncn(-c3ccc(OC(F)(F)F)cc3)n2)cc1. The number of anilines is 1. The second kappa shape index (κ2) is 14.0. The molecule has 2 heterocycles. The van der Waals surface area contributed by atoms with Gasteiger partial charge < -0.3 is 15.0 Å². The zero-order valence-electron chi connectivity index (χ0n) is 26.5. The van der Waals surface area contributed by atoms with Gasteiger partial charge >= 0.3 is 12.4 Å². The number of allylic oxidation sites excluding steroid dienone is 2. The van der Waals surface area contributed by atoms with Gasteiger partial charge in [-0.05, 0) is 92.3 Å². The van der Waals surface area contributed by atoms with Gasteiger partial charge in [-0.3, -0.25) is 0 Å². The number of rotatable bonds is 7. The largest absolute Gasteiger partial charge is 0.573 e. The second-order valence-corrected chi connectivity index (χ2v) is 12.5. The van der Waals surface area contributed by atoms with E-state index in [1.165, 1.54) is 53.1 Å². The van der Waals surface area contributed by atoms with Gasteiger partial charge in [-0.15, -0.1) is 18.3 Å². The predicted octanol–water partition coefficient (Wildman–Crippen LogP) is 8.94. The van der Waals surface area contributed by atoms with Crippen molar-refractivity contribution < 1.29 is 27.1 Å². The Morgan fingerprint density at radius 3 is 2.43 bits per heavy atom. The zero-order chi connectivity index (χ0) is 33.9. The highest BCUT2D eigenvalue weighted by Gasteiger charge is 2.31. The minimum atomic E-state index is -4.76. The van der Waals surface area contributed by atoms with Crippen molar-refractivity contribution in [1.82, 2.24) is 20.1 Å². The number of amidine groups is 1. The van der Waals surface area contributed by atoms with Gasteiger partial charge in [0.2, 0.25) is 0 Å². The van der Waals surface area contributed by atoms with Crippen molar-refractivity contribution in [3.63, 3.8) is 0 Å². The van der Waals surface area contributed by atoms with Crippen molar-refractivity contribution in [2.45, 2.75) is 59.4 Å². The molecule has 3 aromatic carbocycles. The third-order valence-corrected chi connectivity index (χ3v) is 8.73. The maximum absolute atomic E-state index is 14.1. The van der Waals surface area contributed by atoms with E-state index >= 15 is 0 Å². The summed E-state index contributed by atoms with van der Waals surface area (Å²) in [6.45, 7) is 9.81. The first-order valence-electron chi connectivity index (χ1n) is 15.0. The van der Waals surface area contributed by atoms with E-state index in [1.807, 2.05) is 49.9 Å². The van der Waals surface area contributed by atoms with Crippen LogP contribution in [0.1, 0.15) is 58.1 Å². The van der Waals surface area contributed by atoms with Crippen LogP contribution in [0.3, 0.4) is 0 Å². The number of alkyl halides is 3. The molecule has 2 amide bonds. The normalized spacial score (nSPS) is 16.8. The molecule has 1 N–H and O–H groups in total. The first-order chi connectivity index (χ1) is 22.3. The van der Waals surface area contributed by atoms with Crippen LogP contribution in [0.15, 0.2) is 83.7 Å². The third kappa shape index (κ3) is 8.20. The first-order valence-corrected chi connectivity index (χ1v) is 15.9. The lowest BCUT2D eigenvalue weighted by Gasteiger charge is -2.37. The fourth-order valence-corrected chi connectivity index (χ4v) is 6.32. The molecule has 1 aromatic heterocycles. The second-order valence-electron chi connectivity index (χ2n) is 11.4. The van der Waals surface area contributed by atoms with Crippen LogP contribution in [-0.2, 0) is 0 Å². The molecule has 0 radical (unpaired) electrons. The van der Waals surface area contributed by atoms with Gasteiger partial charge in [0, 0.05) is 28.7 Å². The molecule has 0 aliphatic carbocycles. The van der Waals surface area contributed by atoms with E-state index in [-0.39, 0.29) is 23.5 Å². The van der Waals surface area contributed by atoms with Gasteiger partial charge in [-0.2, -0.15) is 4.99 Å². The van der Waals surface area contributed by atoms with Crippen LogP contribution in [0.2, 0.25) is 0 Å². The van der Waals surface area contributed by atoms with E-state index in [4.69, 9.17) is 0 Å². The molecule has 13 heteroatoms. The highest BCUT2D eigenvalue weighted by atomic mass is 32.2. The highest BCUT2D eigenvalue weighted by Crippen LogP contribution is 2.35. The Hall–Kier alpha value is -4.65. The van der Waals surface area contributed by atoms with E-state index < -0.39 is 12.4 Å². The Labute approximate surface area is 274 Å². The molecular formula is C34H34F4N6O2S. The molecule has 1 atom stereocenters. The molecule has 0 saturated carbocycles. The molecule has 246 valence electrons. The summed E-state index contributed by atoms with van der Waals surface area (Å²) in [5, 5.41) is 7.91. The smallest absolute Gasteiger partial charge is 0.406 e. The fourth-order valence-electron chi connectivity index (χ4n) is 5.12. The standard InChI is InChI=1S/C34H34F4N6O2S/c1-20(2)29-18-26(35)10-15-30(29)44-21(3)16-17-47-33(44)41-32(45)40-23(5)22(4)24-6-8-25(9-7-24)31-39-19-43(42-31)27-11-13-28(14-12-27)46-34(36,37)38/h6-15,18-21H,16-17H2,1-5H3,(H,40,45)/b23-22+,41-33-. The topological polar surface area (TPSA) is 84.6 Å². The van der Waals surface area contributed by atoms with Crippen LogP contribution in [-0.4, -0.2) is 44.1 Å². The predicted molar refractivity (Wildman–Crippen MR) is 177 cm³/mol. The number of halogens is 4. The number of thioether (sulfide) groups is 1. The number of hydrogen-bond acceptors (Lipinski definition) is 5. The summed E-state index contributed by atoms with van der Waals surface area (Å²) in [6, 6.07) is 17.1. The Morgan fingerprint density at radius 2 is 1.77 bits per heavy atom. The molecular weight excluding hydrogens is 632 g/mol. The van der Waals surface area contributed by atoms with Crippen LogP contribution in [0.5, 0.6) is 5.75 Å². The van der Waals surface area contributed by atoms with Crippen LogP contribution in [0.25, 0.3) is 22.6 Å². The van der Waals surface area contributed by atoms with Crippen LogP contribution < -0.4 is 15.0 Å². The van der Waals surface area contributed by atoms with E-state index in [9.17, 15) is 22.4 Å². The van der Waals surface area contributed by atoms with Gasteiger partial charge in [0.25, 0.3) is 0 Å². The summed E-state index contributed by atoms with van der Waals surface area (Å²) in [5.74, 6) is 0.712. The molecule has 8 nitrogen and oxygen atoms in total. The lowest BCUT2D eigenvalue weighted by atomic mass is 9.99. The lowest BCUT2D eigenvalue weighted by molar-refractivity contribution is -0.274. The van der Waals surface area contributed by atoms with E-state index in [1.54, 1.807) is 19.1 Å². The van der Waals surface area contributed by atoms with Crippen molar-refractivity contribution in [3.8, 4) is 22.8 Å². The van der Waals surface area contributed by atoms with Gasteiger partial charge in [0.1, 0.15) is 17.9 Å². The van der Waals surface area contributed by atoms with Crippen molar-refractivity contribution >= 4 is 34.2 Å². The number of carbonyl (C=O) groups excluding carboxylic acids is 1. The fraction of sp³-hybridized carbons (Fsp3) is 0.294. The number of aliphatic imine (C=N–C) groups is 1. The van der Waals surface area contributed by atoms with Crippen molar-refractivity contribution in [2.24, 2.45) is 4.99 Å². The number of nitrogens with one attached hydrogen (secondary N) is 1. The molecule has 4 aromatic rings. The average Bonchev–Trinajstić information content (AvgIpc) is 3.51. The minimum absolute atomic E-state index is 0.0851. The maximum atomic E-state index is 14.1. The van der Waals surface area contributed by atoms with Crippen LogP contribution >= 0.6 is 11.8 Å². The van der Waals surface area contributed by atoms with Crippen LogP contribution in [0, 0.1) is 5.82 Å². The Bertz CT molecular complexity index is 1800. The number of amides is 2. The number of nitrogens with zero attached hydrogens (tertiary/aromatic N) is 5. The number of hydrogen-bond donors (Lipinski definition) is 1. The summed E-state index contributed by atoms with van der Waals surface area (Å²) in [4.78, 5) is 23.9. The molecule has 1 saturated heterocycles. The molecule has 0 spiro atoms. The van der Waals surface area contributed by atoms with E-state index in [0.29, 0.717) is 22.4 Å². The number of carbonyl (C=O) groups is 1. The monoisotopic (exact) mass is 666 g/mol. The molecule has 1 aliphatic rings. The third-order valence-electron chi connectivity index (χ3n) is 7.74. The summed E-state index contributed by atoms with van der Waals surface area (Å²) in [7, 11) is 0. The van der Waals surface area contributed by atoms with Gasteiger partial charge in [0.05, 0.1) is 5.69 Å². The lowest BCUT2D eigenvalue weighted by Crippen LogP contribution is -2.42. The van der Waals surface area contributed by atoms with Gasteiger partial charge in [-0.1, -0.05) is 49.9 Å². The molecule has 0 bridgehead atoms. The van der Waals surface area contributed by atoms with Crippen molar-refractivity contribution in [3.05, 3.63) is 95.7 Å². The number of ether oxygens (including phenoxy) is 1. The van der Waals surface area contributed by atoms with E-state index in [2.05, 4.69) is 32.1 Å². The maximum Gasteiger partial charge on any atom is 0.573 e. The van der Waals surface area contributed by atoms with Gasteiger partial charge in [-0.25, -0.2) is 18.9 Å². The molecule has 5 rings (SSSR count). The molecule has 47 heavy (non-hydrogen) atoms. The number of urea groups is 1. The van der Waals surface area contributed by atoms with Crippen LogP contribution in [0.4, 0.5) is 28.0 Å². The Kier molecular flexibility index (Phi) is 10.0. The summed E-state index contributed by atoms with van der Waals surface area (Å²) < 4.78 is 56.8. The van der Waals surface area contributed by atoms with Crippen molar-refractivity contribution in [1.29, 1.82) is 0 Å². The molecule has 1 fully saturated rings. The summed E-state index contributed by atoms with van der Waals surface area (Å²) in [5.41, 5.74) is 5.31. The zero-order valence-corrected chi connectivity index (χ0v) is 27.3. The molecule has 1 unspecified atom stereocenters. The molecule has 1 aliphatic heterocycles. The number of benzene rings is 3. The van der Waals surface area contributed by atoms with E-state index in [0.717, 1.165) is 40.1 Å². The number of aromatic nitrogens is 3. The first kappa shape index (κ1) is 33.7. The average molecular weight is 667 g/mol. The van der Waals surface area contributed by atoms with Crippen molar-refractivity contribution in [2.75, 3.05) is 10.7 Å². The summed E-state index contributed by atoms with van der Waals surface area (Å²) >= 11 is 1.50. The minimum Gasteiger partial charge on any atom is -0.406 e. The summed E-state index contributed by atoms with van der Waals surface area (Å²) in [6.07, 6.45) is -2.39.